The third-order valence-electron chi connectivity index (χ3n) is 5.53. The fourth-order valence-electron chi connectivity index (χ4n) is 3.87. The Morgan fingerprint density at radius 1 is 1.18 bits per heavy atom. The Kier molecular flexibility index (Phi) is 6.83. The van der Waals surface area contributed by atoms with Crippen molar-refractivity contribution in [2.75, 3.05) is 25.5 Å². The lowest BCUT2D eigenvalue weighted by Crippen LogP contribution is -2.38. The summed E-state index contributed by atoms with van der Waals surface area (Å²) >= 11 is 0. The predicted octanol–water partition coefficient (Wildman–Crippen LogP) is 4.12. The summed E-state index contributed by atoms with van der Waals surface area (Å²) in [5.74, 6) is 1.54. The van der Waals surface area contributed by atoms with Gasteiger partial charge >= 0.3 is 0 Å². The molecule has 0 bridgehead atoms. The molecule has 2 amide bonds. The van der Waals surface area contributed by atoms with Gasteiger partial charge in [-0.1, -0.05) is 23.4 Å². The summed E-state index contributed by atoms with van der Waals surface area (Å²) in [5.41, 5.74) is 2.35. The Morgan fingerprint density at radius 2 is 1.97 bits per heavy atom. The Hall–Kier alpha value is -3.94. The summed E-state index contributed by atoms with van der Waals surface area (Å²) in [6.45, 7) is 2.68. The predicted molar refractivity (Wildman–Crippen MR) is 125 cm³/mol. The van der Waals surface area contributed by atoms with Gasteiger partial charge in [-0.2, -0.15) is 4.98 Å². The van der Waals surface area contributed by atoms with Crippen LogP contribution in [0.1, 0.15) is 37.1 Å². The smallest absolute Gasteiger partial charge is 0.246 e. The number of benzene rings is 2. The fraction of sp³-hybridized carbons (Fsp3) is 0.280. The van der Waals surface area contributed by atoms with E-state index in [1.807, 2.05) is 41.3 Å². The minimum atomic E-state index is -0.126. The van der Waals surface area contributed by atoms with Crippen LogP contribution in [0.2, 0.25) is 0 Å². The van der Waals surface area contributed by atoms with Crippen molar-refractivity contribution in [3.05, 3.63) is 66.1 Å². The molecule has 1 saturated heterocycles. The Balaban J connectivity index is 1.41. The van der Waals surface area contributed by atoms with E-state index in [0.29, 0.717) is 30.5 Å². The van der Waals surface area contributed by atoms with E-state index in [1.54, 1.807) is 31.4 Å². The van der Waals surface area contributed by atoms with Crippen LogP contribution in [0.3, 0.4) is 0 Å². The number of anilines is 1. The quantitative estimate of drug-likeness (QED) is 0.572. The Bertz CT molecular complexity index is 1150. The minimum absolute atomic E-state index is 0.0118. The number of nitrogens with one attached hydrogen (secondary N) is 1. The van der Waals surface area contributed by atoms with Gasteiger partial charge in [0.25, 0.3) is 0 Å². The number of piperidine rings is 1. The molecular weight excluding hydrogens is 420 g/mol. The van der Waals surface area contributed by atoms with Crippen molar-refractivity contribution in [2.24, 2.45) is 0 Å². The van der Waals surface area contributed by atoms with E-state index in [0.717, 1.165) is 29.7 Å². The number of nitrogens with zero attached hydrogens (tertiary/aromatic N) is 3. The number of methoxy groups -OCH3 is 1. The highest BCUT2D eigenvalue weighted by atomic mass is 16.5. The fourth-order valence-corrected chi connectivity index (χ4v) is 3.87. The monoisotopic (exact) mass is 446 g/mol. The van der Waals surface area contributed by atoms with E-state index in [2.05, 4.69) is 15.5 Å². The van der Waals surface area contributed by atoms with Crippen LogP contribution in [0.25, 0.3) is 17.5 Å². The second-order valence-electron chi connectivity index (χ2n) is 7.91. The van der Waals surface area contributed by atoms with Crippen molar-refractivity contribution in [1.29, 1.82) is 0 Å². The number of aromatic nitrogens is 2. The normalized spacial score (nSPS) is 16.1. The van der Waals surface area contributed by atoms with Gasteiger partial charge in [-0.05, 0) is 49.2 Å². The molecule has 0 radical (unpaired) electrons. The first kappa shape index (κ1) is 22.3. The average Bonchev–Trinajstić information content (AvgIpc) is 3.33. The average molecular weight is 447 g/mol. The van der Waals surface area contributed by atoms with Gasteiger partial charge < -0.3 is 19.5 Å². The first-order chi connectivity index (χ1) is 16.0. The van der Waals surface area contributed by atoms with Crippen LogP contribution in [0, 0.1) is 0 Å². The number of hydrogen-bond donors (Lipinski definition) is 1. The molecule has 0 unspecified atom stereocenters. The number of carbonyl (C=O) groups excluding carboxylic acids is 2. The lowest BCUT2D eigenvalue weighted by atomic mass is 9.98. The molecule has 4 rings (SSSR count). The molecule has 33 heavy (non-hydrogen) atoms. The highest BCUT2D eigenvalue weighted by molar-refractivity contribution is 5.92. The zero-order valence-corrected chi connectivity index (χ0v) is 18.7. The molecule has 1 N–H and O–H groups in total. The van der Waals surface area contributed by atoms with Gasteiger partial charge in [0.05, 0.1) is 13.0 Å². The van der Waals surface area contributed by atoms with E-state index >= 15 is 0 Å². The zero-order valence-electron chi connectivity index (χ0n) is 18.7. The molecule has 2 aromatic carbocycles. The Morgan fingerprint density at radius 3 is 2.73 bits per heavy atom. The van der Waals surface area contributed by atoms with Gasteiger partial charge in [0.2, 0.25) is 23.5 Å². The van der Waals surface area contributed by atoms with Gasteiger partial charge in [0, 0.05) is 42.9 Å². The van der Waals surface area contributed by atoms with Crippen molar-refractivity contribution >= 4 is 23.6 Å². The molecule has 1 aromatic heterocycles. The molecule has 1 fully saturated rings. The lowest BCUT2D eigenvalue weighted by Gasteiger charge is -2.30. The maximum atomic E-state index is 12.8. The van der Waals surface area contributed by atoms with Crippen LogP contribution in [0.5, 0.6) is 5.75 Å². The molecule has 0 aliphatic carbocycles. The van der Waals surface area contributed by atoms with E-state index in [4.69, 9.17) is 9.26 Å². The number of para-hydroxylation sites is 1. The lowest BCUT2D eigenvalue weighted by molar-refractivity contribution is -0.127. The second kappa shape index (κ2) is 10.1. The number of amides is 2. The first-order valence-electron chi connectivity index (χ1n) is 10.8. The maximum absolute atomic E-state index is 12.8. The van der Waals surface area contributed by atoms with Crippen molar-refractivity contribution < 1.29 is 18.8 Å². The van der Waals surface area contributed by atoms with E-state index in [1.165, 1.54) is 6.92 Å². The third-order valence-corrected chi connectivity index (χ3v) is 5.53. The number of rotatable bonds is 6. The summed E-state index contributed by atoms with van der Waals surface area (Å²) in [4.78, 5) is 30.3. The number of carbonyl (C=O) groups is 2. The van der Waals surface area contributed by atoms with Crippen LogP contribution < -0.4 is 10.1 Å². The number of ether oxygens (including phenoxy) is 1. The van der Waals surface area contributed by atoms with Crippen LogP contribution in [0.15, 0.2) is 59.1 Å². The maximum Gasteiger partial charge on any atom is 0.246 e. The summed E-state index contributed by atoms with van der Waals surface area (Å²) in [6.07, 6.45) is 5.10. The molecule has 2 heterocycles. The summed E-state index contributed by atoms with van der Waals surface area (Å²) in [6, 6.07) is 14.8. The minimum Gasteiger partial charge on any atom is -0.496 e. The standard InChI is InChI=1S/C25H26N4O4/c1-17(30)26-21-12-9-19(10-13-21)24-27-25(33-28-24)20-7-5-15-29(16-20)23(31)14-11-18-6-3-4-8-22(18)32-2/h3-4,6,8-14,20H,5,7,15-16H2,1-2H3,(H,26,30)/b14-11+/t20-/m1/s1. The van der Waals surface area contributed by atoms with E-state index in [9.17, 15) is 9.59 Å². The zero-order chi connectivity index (χ0) is 23.2. The molecule has 1 aliphatic rings. The molecule has 1 aliphatic heterocycles. The highest BCUT2D eigenvalue weighted by Gasteiger charge is 2.28. The van der Waals surface area contributed by atoms with Gasteiger partial charge in [-0.25, -0.2) is 0 Å². The van der Waals surface area contributed by atoms with Gasteiger partial charge in [0.1, 0.15) is 5.75 Å². The number of hydrogen-bond acceptors (Lipinski definition) is 6. The largest absolute Gasteiger partial charge is 0.496 e. The SMILES string of the molecule is COc1ccccc1/C=C/C(=O)N1CCC[C@@H](c2nc(-c3ccc(NC(C)=O)cc3)no2)C1. The van der Waals surface area contributed by atoms with Gasteiger partial charge in [-0.3, -0.25) is 9.59 Å². The molecule has 170 valence electrons. The van der Waals surface area contributed by atoms with Crippen LogP contribution in [-0.4, -0.2) is 47.1 Å². The van der Waals surface area contributed by atoms with Crippen LogP contribution >= 0.6 is 0 Å². The molecule has 1 atom stereocenters. The molecule has 8 heteroatoms. The summed E-state index contributed by atoms with van der Waals surface area (Å²) < 4.78 is 10.9. The van der Waals surface area contributed by atoms with E-state index < -0.39 is 0 Å². The molecule has 3 aromatic rings. The van der Waals surface area contributed by atoms with Crippen molar-refractivity contribution in [3.63, 3.8) is 0 Å². The number of likely N-dealkylation sites (tertiary alicyclic amines) is 1. The van der Waals surface area contributed by atoms with Gasteiger partial charge in [-0.15, -0.1) is 0 Å². The van der Waals surface area contributed by atoms with Crippen LogP contribution in [0.4, 0.5) is 5.69 Å². The Labute approximate surface area is 192 Å². The van der Waals surface area contributed by atoms with Crippen molar-refractivity contribution in [1.82, 2.24) is 15.0 Å². The second-order valence-corrected chi connectivity index (χ2v) is 7.91. The van der Waals surface area contributed by atoms with Crippen molar-refractivity contribution in [3.8, 4) is 17.1 Å². The summed E-state index contributed by atoms with van der Waals surface area (Å²) in [5, 5.41) is 6.84. The molecule has 8 nitrogen and oxygen atoms in total. The molecule has 0 spiro atoms. The molecule has 0 saturated carbocycles. The molecular formula is C25H26N4O4. The topological polar surface area (TPSA) is 97.6 Å². The summed E-state index contributed by atoms with van der Waals surface area (Å²) in [7, 11) is 1.61. The highest BCUT2D eigenvalue weighted by Crippen LogP contribution is 2.28. The third kappa shape index (κ3) is 5.46. The van der Waals surface area contributed by atoms with Crippen LogP contribution in [-0.2, 0) is 9.59 Å². The van der Waals surface area contributed by atoms with Gasteiger partial charge in [0.15, 0.2) is 0 Å². The van der Waals surface area contributed by atoms with E-state index in [-0.39, 0.29) is 17.7 Å². The first-order valence-corrected chi connectivity index (χ1v) is 10.8. The van der Waals surface area contributed by atoms with Crippen molar-refractivity contribution in [2.45, 2.75) is 25.7 Å².